The number of methoxy groups -OCH3 is 1. The third kappa shape index (κ3) is 2.73. The van der Waals surface area contributed by atoms with Crippen LogP contribution in [0.25, 0.3) is 0 Å². The van der Waals surface area contributed by atoms with Crippen LogP contribution in [-0.4, -0.2) is 37.6 Å². The van der Waals surface area contributed by atoms with Crippen molar-refractivity contribution in [3.05, 3.63) is 29.8 Å². The normalized spacial score (nSPS) is 16.1. The molecule has 4 nitrogen and oxygen atoms in total. The van der Waals surface area contributed by atoms with Crippen LogP contribution in [0, 0.1) is 0 Å². The minimum atomic E-state index is -0.308. The van der Waals surface area contributed by atoms with Gasteiger partial charge in [0.15, 0.2) is 0 Å². The number of likely N-dealkylation sites (N-methyl/N-ethyl adjacent to an activating group) is 1. The van der Waals surface area contributed by atoms with E-state index in [-0.39, 0.29) is 11.3 Å². The molecule has 0 spiro atoms. The molecular weight excluding hydrogens is 240 g/mol. The van der Waals surface area contributed by atoms with Crippen molar-refractivity contribution in [1.29, 1.82) is 0 Å². The summed E-state index contributed by atoms with van der Waals surface area (Å²) >= 11 is 0. The van der Waals surface area contributed by atoms with Crippen molar-refractivity contribution in [2.24, 2.45) is 0 Å². The van der Waals surface area contributed by atoms with Crippen molar-refractivity contribution in [2.45, 2.75) is 25.2 Å². The second kappa shape index (κ2) is 5.61. The fraction of sp³-hybridized carbons (Fsp3) is 0.533. The highest BCUT2D eigenvalue weighted by Gasteiger charge is 2.52. The average molecular weight is 262 g/mol. The van der Waals surface area contributed by atoms with Crippen molar-refractivity contribution < 1.29 is 9.53 Å². The number of benzene rings is 1. The second-order valence-corrected chi connectivity index (χ2v) is 5.08. The van der Waals surface area contributed by atoms with Crippen LogP contribution >= 0.6 is 0 Å². The van der Waals surface area contributed by atoms with Gasteiger partial charge in [-0.3, -0.25) is 4.79 Å². The van der Waals surface area contributed by atoms with Crippen molar-refractivity contribution in [3.8, 4) is 0 Å². The molecule has 0 aromatic heterocycles. The predicted molar refractivity (Wildman–Crippen MR) is 75.9 cm³/mol. The molecule has 0 bridgehead atoms. The maximum absolute atomic E-state index is 12.7. The number of amides is 1. The standard InChI is InChI=1S/C15H22N2O2/c1-3-17(10-11-19-2)14(18)15(8-9-15)12-4-6-13(16)7-5-12/h4-7H,3,8-11,16H2,1-2H3. The van der Waals surface area contributed by atoms with Crippen LogP contribution in [0.5, 0.6) is 0 Å². The summed E-state index contributed by atoms with van der Waals surface area (Å²) in [6, 6.07) is 7.69. The Morgan fingerprint density at radius 2 is 2.00 bits per heavy atom. The molecule has 1 amide bonds. The Labute approximate surface area is 114 Å². The van der Waals surface area contributed by atoms with Gasteiger partial charge in [0, 0.05) is 25.9 Å². The van der Waals surface area contributed by atoms with Gasteiger partial charge in [-0.2, -0.15) is 0 Å². The van der Waals surface area contributed by atoms with Crippen LogP contribution in [0.2, 0.25) is 0 Å². The van der Waals surface area contributed by atoms with E-state index in [2.05, 4.69) is 0 Å². The molecule has 0 unspecified atom stereocenters. The molecule has 0 radical (unpaired) electrons. The Morgan fingerprint density at radius 3 is 2.47 bits per heavy atom. The lowest BCUT2D eigenvalue weighted by Crippen LogP contribution is -2.41. The van der Waals surface area contributed by atoms with Gasteiger partial charge in [-0.25, -0.2) is 0 Å². The lowest BCUT2D eigenvalue weighted by Gasteiger charge is -2.26. The molecule has 19 heavy (non-hydrogen) atoms. The lowest BCUT2D eigenvalue weighted by atomic mass is 9.94. The van der Waals surface area contributed by atoms with E-state index in [1.807, 2.05) is 36.1 Å². The van der Waals surface area contributed by atoms with Gasteiger partial charge in [0.1, 0.15) is 0 Å². The number of rotatable bonds is 6. The molecule has 0 aliphatic heterocycles. The molecule has 2 N–H and O–H groups in total. The summed E-state index contributed by atoms with van der Waals surface area (Å²) in [7, 11) is 1.66. The van der Waals surface area contributed by atoms with E-state index in [9.17, 15) is 4.79 Å². The zero-order valence-corrected chi connectivity index (χ0v) is 11.7. The zero-order valence-electron chi connectivity index (χ0n) is 11.7. The second-order valence-electron chi connectivity index (χ2n) is 5.08. The van der Waals surface area contributed by atoms with Crippen LogP contribution in [-0.2, 0) is 14.9 Å². The number of carbonyl (C=O) groups is 1. The summed E-state index contributed by atoms with van der Waals surface area (Å²) in [5, 5.41) is 0. The first-order chi connectivity index (χ1) is 9.14. The first kappa shape index (κ1) is 13.9. The molecule has 0 saturated heterocycles. The van der Waals surface area contributed by atoms with Gasteiger partial charge in [0.2, 0.25) is 5.91 Å². The third-order valence-electron chi connectivity index (χ3n) is 3.86. The first-order valence-electron chi connectivity index (χ1n) is 6.78. The van der Waals surface area contributed by atoms with E-state index in [0.717, 1.165) is 30.6 Å². The highest BCUT2D eigenvalue weighted by atomic mass is 16.5. The van der Waals surface area contributed by atoms with E-state index in [1.165, 1.54) is 0 Å². The van der Waals surface area contributed by atoms with Crippen LogP contribution in [0.4, 0.5) is 5.69 Å². The van der Waals surface area contributed by atoms with Crippen LogP contribution in [0.3, 0.4) is 0 Å². The summed E-state index contributed by atoms with van der Waals surface area (Å²) in [6.45, 7) is 3.96. The number of hydrogen-bond acceptors (Lipinski definition) is 3. The molecule has 0 heterocycles. The smallest absolute Gasteiger partial charge is 0.233 e. The Balaban J connectivity index is 2.15. The number of anilines is 1. The fourth-order valence-electron chi connectivity index (χ4n) is 2.46. The van der Waals surface area contributed by atoms with Crippen LogP contribution < -0.4 is 5.73 Å². The Kier molecular flexibility index (Phi) is 4.10. The van der Waals surface area contributed by atoms with Gasteiger partial charge in [-0.15, -0.1) is 0 Å². The zero-order chi connectivity index (χ0) is 13.9. The predicted octanol–water partition coefficient (Wildman–Crippen LogP) is 1.80. The van der Waals surface area contributed by atoms with E-state index in [1.54, 1.807) is 7.11 Å². The molecule has 1 aliphatic rings. The molecule has 2 rings (SSSR count). The van der Waals surface area contributed by atoms with Crippen LogP contribution in [0.15, 0.2) is 24.3 Å². The molecule has 4 heteroatoms. The Hall–Kier alpha value is -1.55. The molecule has 104 valence electrons. The molecular formula is C15H22N2O2. The molecule has 0 atom stereocenters. The molecule has 1 aromatic rings. The monoisotopic (exact) mass is 262 g/mol. The highest BCUT2D eigenvalue weighted by Crippen LogP contribution is 2.49. The number of nitrogens with two attached hydrogens (primary N) is 1. The maximum atomic E-state index is 12.7. The number of nitrogens with zero attached hydrogens (tertiary/aromatic N) is 1. The topological polar surface area (TPSA) is 55.6 Å². The number of ether oxygens (including phenoxy) is 1. The number of nitrogen functional groups attached to an aromatic ring is 1. The van der Waals surface area contributed by atoms with Gasteiger partial charge >= 0.3 is 0 Å². The SMILES string of the molecule is CCN(CCOC)C(=O)C1(c2ccc(N)cc2)CC1. The van der Waals surface area contributed by atoms with Crippen molar-refractivity contribution in [3.63, 3.8) is 0 Å². The average Bonchev–Trinajstić information content (AvgIpc) is 3.22. The van der Waals surface area contributed by atoms with Gasteiger partial charge in [0.25, 0.3) is 0 Å². The van der Waals surface area contributed by atoms with Crippen LogP contribution in [0.1, 0.15) is 25.3 Å². The van der Waals surface area contributed by atoms with E-state index in [4.69, 9.17) is 10.5 Å². The Bertz CT molecular complexity index is 438. The number of carbonyl (C=O) groups excluding carboxylic acids is 1. The summed E-state index contributed by atoms with van der Waals surface area (Å²) in [5.74, 6) is 0.219. The van der Waals surface area contributed by atoms with Crippen molar-refractivity contribution >= 4 is 11.6 Å². The summed E-state index contributed by atoms with van der Waals surface area (Å²) in [6.07, 6.45) is 1.86. The third-order valence-corrected chi connectivity index (χ3v) is 3.86. The minimum absolute atomic E-state index is 0.219. The minimum Gasteiger partial charge on any atom is -0.399 e. The molecule has 1 aliphatic carbocycles. The maximum Gasteiger partial charge on any atom is 0.233 e. The van der Waals surface area contributed by atoms with E-state index in [0.29, 0.717) is 13.2 Å². The molecule has 1 saturated carbocycles. The molecule has 1 fully saturated rings. The lowest BCUT2D eigenvalue weighted by molar-refractivity contribution is -0.134. The van der Waals surface area contributed by atoms with Crippen molar-refractivity contribution in [1.82, 2.24) is 4.90 Å². The Morgan fingerprint density at radius 1 is 1.37 bits per heavy atom. The highest BCUT2D eigenvalue weighted by molar-refractivity contribution is 5.91. The molecule has 1 aromatic carbocycles. The summed E-state index contributed by atoms with van der Waals surface area (Å²) in [4.78, 5) is 14.6. The summed E-state index contributed by atoms with van der Waals surface area (Å²) in [5.41, 5.74) is 7.22. The van der Waals surface area contributed by atoms with Gasteiger partial charge in [-0.05, 0) is 37.5 Å². The van der Waals surface area contributed by atoms with Gasteiger partial charge in [0.05, 0.1) is 12.0 Å². The van der Waals surface area contributed by atoms with E-state index < -0.39 is 0 Å². The fourth-order valence-corrected chi connectivity index (χ4v) is 2.46. The van der Waals surface area contributed by atoms with Crippen molar-refractivity contribution in [2.75, 3.05) is 32.5 Å². The quantitative estimate of drug-likeness (QED) is 0.795. The van der Waals surface area contributed by atoms with Gasteiger partial charge in [-0.1, -0.05) is 12.1 Å². The van der Waals surface area contributed by atoms with Gasteiger partial charge < -0.3 is 15.4 Å². The number of hydrogen-bond donors (Lipinski definition) is 1. The first-order valence-corrected chi connectivity index (χ1v) is 6.78. The van der Waals surface area contributed by atoms with E-state index >= 15 is 0 Å². The summed E-state index contributed by atoms with van der Waals surface area (Å²) < 4.78 is 5.07. The largest absolute Gasteiger partial charge is 0.399 e.